The monoisotopic (exact) mass is 352 g/mol. The molecule has 4 aromatic rings. The van der Waals surface area contributed by atoms with Gasteiger partial charge < -0.3 is 0 Å². The van der Waals surface area contributed by atoms with Crippen molar-refractivity contribution in [3.63, 3.8) is 0 Å². The zero-order chi connectivity index (χ0) is 18.6. The highest BCUT2D eigenvalue weighted by atomic mass is 14.6. The van der Waals surface area contributed by atoms with Gasteiger partial charge in [-0.15, -0.1) is 0 Å². The molecule has 2 aromatic carbocycles. The summed E-state index contributed by atoms with van der Waals surface area (Å²) >= 11 is 0. The van der Waals surface area contributed by atoms with Crippen molar-refractivity contribution in [2.24, 2.45) is 0 Å². The molecule has 0 unspecified atom stereocenters. The first-order valence-corrected chi connectivity index (χ1v) is 9.60. The van der Waals surface area contributed by atoms with Crippen molar-refractivity contribution in [1.29, 1.82) is 0 Å². The molecule has 134 valence electrons. The lowest BCUT2D eigenvalue weighted by molar-refractivity contribution is 0.935. The van der Waals surface area contributed by atoms with Gasteiger partial charge in [-0.05, 0) is 77.8 Å². The van der Waals surface area contributed by atoms with Crippen LogP contribution in [-0.2, 0) is 19.3 Å². The average molecular weight is 352 g/mol. The Balaban J connectivity index is 1.60. The van der Waals surface area contributed by atoms with E-state index in [1.807, 2.05) is 18.6 Å². The number of benzene rings is 2. The number of pyridine rings is 2. The van der Waals surface area contributed by atoms with Crippen molar-refractivity contribution in [1.82, 2.24) is 9.97 Å². The van der Waals surface area contributed by atoms with Crippen LogP contribution in [0.1, 0.15) is 29.2 Å². The normalized spacial score (nSPS) is 11.0. The Morgan fingerprint density at radius 2 is 1.56 bits per heavy atom. The molecule has 0 atom stereocenters. The van der Waals surface area contributed by atoms with Gasteiger partial charge in [0.2, 0.25) is 0 Å². The highest BCUT2D eigenvalue weighted by Crippen LogP contribution is 2.26. The molecule has 0 bridgehead atoms. The molecule has 4 rings (SSSR count). The summed E-state index contributed by atoms with van der Waals surface area (Å²) in [5.41, 5.74) is 8.74. The van der Waals surface area contributed by atoms with Gasteiger partial charge in [0.15, 0.2) is 0 Å². The van der Waals surface area contributed by atoms with Crippen LogP contribution in [0.4, 0.5) is 0 Å². The minimum Gasteiger partial charge on any atom is -0.264 e. The van der Waals surface area contributed by atoms with Crippen molar-refractivity contribution >= 4 is 10.9 Å². The maximum Gasteiger partial charge on any atom is 0.0702 e. The second kappa shape index (κ2) is 7.71. The third-order valence-electron chi connectivity index (χ3n) is 5.16. The lowest BCUT2D eigenvalue weighted by atomic mass is 9.98. The van der Waals surface area contributed by atoms with Crippen LogP contribution < -0.4 is 0 Å². The first kappa shape index (κ1) is 17.4. The van der Waals surface area contributed by atoms with Gasteiger partial charge >= 0.3 is 0 Å². The molecule has 0 fully saturated rings. The molecule has 27 heavy (non-hydrogen) atoms. The number of nitrogens with zero attached hydrogens (tertiary/aromatic N) is 2. The Hall–Kier alpha value is -3.00. The number of hydrogen-bond donors (Lipinski definition) is 0. The summed E-state index contributed by atoms with van der Waals surface area (Å²) in [5.74, 6) is 0. The molecule has 2 nitrogen and oxygen atoms in total. The zero-order valence-electron chi connectivity index (χ0n) is 15.9. The first-order chi connectivity index (χ1) is 13.2. The van der Waals surface area contributed by atoms with E-state index in [0.717, 1.165) is 24.8 Å². The molecule has 2 heteroatoms. The van der Waals surface area contributed by atoms with Gasteiger partial charge in [-0.3, -0.25) is 9.97 Å². The molecule has 2 heterocycles. The maximum absolute atomic E-state index is 4.67. The van der Waals surface area contributed by atoms with Crippen molar-refractivity contribution in [2.75, 3.05) is 0 Å². The van der Waals surface area contributed by atoms with Crippen LogP contribution >= 0.6 is 0 Å². The number of fused-ring (bicyclic) bond motifs is 1. The van der Waals surface area contributed by atoms with E-state index in [9.17, 15) is 0 Å². The summed E-state index contributed by atoms with van der Waals surface area (Å²) in [6.07, 6.45) is 8.93. The van der Waals surface area contributed by atoms with Crippen LogP contribution in [0.2, 0.25) is 0 Å². The topological polar surface area (TPSA) is 25.8 Å². The summed E-state index contributed by atoms with van der Waals surface area (Å²) in [6, 6.07) is 19.6. The summed E-state index contributed by atoms with van der Waals surface area (Å²) in [4.78, 5) is 9.02. The molecular formula is C25H24N2. The van der Waals surface area contributed by atoms with Gasteiger partial charge in [0.1, 0.15) is 0 Å². The third kappa shape index (κ3) is 3.90. The summed E-state index contributed by atoms with van der Waals surface area (Å²) in [7, 11) is 0. The van der Waals surface area contributed by atoms with Crippen molar-refractivity contribution in [3.8, 4) is 11.1 Å². The Bertz CT molecular complexity index is 1080. The second-order valence-corrected chi connectivity index (χ2v) is 7.12. The second-order valence-electron chi connectivity index (χ2n) is 7.12. The Morgan fingerprint density at radius 3 is 2.37 bits per heavy atom. The SMILES string of the molecule is CCc1cncc(CCc2cnc3ccc(-c4ccccc4C)cc3c2)c1. The van der Waals surface area contributed by atoms with Crippen molar-refractivity contribution < 1.29 is 0 Å². The van der Waals surface area contributed by atoms with E-state index in [2.05, 4.69) is 78.4 Å². The van der Waals surface area contributed by atoms with E-state index in [4.69, 9.17) is 0 Å². The molecule has 0 saturated heterocycles. The van der Waals surface area contributed by atoms with Crippen LogP contribution in [0.15, 0.2) is 73.2 Å². The fraction of sp³-hybridized carbons (Fsp3) is 0.200. The quantitative estimate of drug-likeness (QED) is 0.443. The van der Waals surface area contributed by atoms with Crippen LogP contribution in [-0.4, -0.2) is 9.97 Å². The molecular weight excluding hydrogens is 328 g/mol. The fourth-order valence-electron chi connectivity index (χ4n) is 3.54. The predicted octanol–water partition coefficient (Wildman–Crippen LogP) is 5.95. The van der Waals surface area contributed by atoms with E-state index in [1.165, 1.54) is 38.8 Å². The van der Waals surface area contributed by atoms with Gasteiger partial charge in [0.05, 0.1) is 5.52 Å². The van der Waals surface area contributed by atoms with Gasteiger partial charge in [0, 0.05) is 24.0 Å². The number of aryl methyl sites for hydroxylation is 4. The van der Waals surface area contributed by atoms with Crippen LogP contribution in [0.3, 0.4) is 0 Å². The number of hydrogen-bond acceptors (Lipinski definition) is 2. The highest BCUT2D eigenvalue weighted by molar-refractivity contribution is 5.85. The average Bonchev–Trinajstić information content (AvgIpc) is 2.72. The highest BCUT2D eigenvalue weighted by Gasteiger charge is 2.05. The smallest absolute Gasteiger partial charge is 0.0702 e. The Kier molecular flexibility index (Phi) is 4.97. The van der Waals surface area contributed by atoms with Gasteiger partial charge in [-0.25, -0.2) is 0 Å². The molecule has 0 N–H and O–H groups in total. The third-order valence-corrected chi connectivity index (χ3v) is 5.16. The molecule has 2 aromatic heterocycles. The standard InChI is InChI=1S/C25H24N2/c1-3-19-12-20(16-26-15-19)8-9-21-13-23-14-22(10-11-25(23)27-17-21)24-7-5-4-6-18(24)2/h4-7,10-17H,3,8-9H2,1-2H3. The van der Waals surface area contributed by atoms with Crippen LogP contribution in [0, 0.1) is 6.92 Å². The molecule has 0 aliphatic carbocycles. The minimum absolute atomic E-state index is 0.979. The van der Waals surface area contributed by atoms with Crippen molar-refractivity contribution in [3.05, 3.63) is 95.4 Å². The first-order valence-electron chi connectivity index (χ1n) is 9.60. The zero-order valence-corrected chi connectivity index (χ0v) is 15.9. The van der Waals surface area contributed by atoms with E-state index < -0.39 is 0 Å². The molecule has 0 radical (unpaired) electrons. The Labute approximate surface area is 160 Å². The number of aromatic nitrogens is 2. The summed E-state index contributed by atoms with van der Waals surface area (Å²) in [6.45, 7) is 4.33. The summed E-state index contributed by atoms with van der Waals surface area (Å²) in [5, 5.41) is 1.20. The van der Waals surface area contributed by atoms with Crippen LogP contribution in [0.25, 0.3) is 22.0 Å². The Morgan fingerprint density at radius 1 is 0.778 bits per heavy atom. The predicted molar refractivity (Wildman–Crippen MR) is 113 cm³/mol. The fourth-order valence-corrected chi connectivity index (χ4v) is 3.54. The van der Waals surface area contributed by atoms with Crippen molar-refractivity contribution in [2.45, 2.75) is 33.1 Å². The van der Waals surface area contributed by atoms with E-state index >= 15 is 0 Å². The maximum atomic E-state index is 4.67. The van der Waals surface area contributed by atoms with E-state index in [1.54, 1.807) is 0 Å². The molecule has 0 spiro atoms. The minimum atomic E-state index is 0.979. The molecule has 0 aliphatic rings. The lowest BCUT2D eigenvalue weighted by Crippen LogP contribution is -1.95. The lowest BCUT2D eigenvalue weighted by Gasteiger charge is -2.08. The van der Waals surface area contributed by atoms with Gasteiger partial charge in [-0.2, -0.15) is 0 Å². The molecule has 0 amide bonds. The summed E-state index contributed by atoms with van der Waals surface area (Å²) < 4.78 is 0. The van der Waals surface area contributed by atoms with Gasteiger partial charge in [0.25, 0.3) is 0 Å². The van der Waals surface area contributed by atoms with E-state index in [-0.39, 0.29) is 0 Å². The molecule has 0 saturated carbocycles. The molecule has 0 aliphatic heterocycles. The number of rotatable bonds is 5. The largest absolute Gasteiger partial charge is 0.264 e. The van der Waals surface area contributed by atoms with E-state index in [0.29, 0.717) is 0 Å². The van der Waals surface area contributed by atoms with Gasteiger partial charge in [-0.1, -0.05) is 43.3 Å². The van der Waals surface area contributed by atoms with Crippen LogP contribution in [0.5, 0.6) is 0 Å².